The van der Waals surface area contributed by atoms with Gasteiger partial charge in [0.15, 0.2) is 36.7 Å². The van der Waals surface area contributed by atoms with Gasteiger partial charge in [0.1, 0.15) is 11.2 Å². The fourth-order valence-corrected chi connectivity index (χ4v) is 9.99. The van der Waals surface area contributed by atoms with Crippen LogP contribution in [0.5, 0.6) is 0 Å². The number of fused-ring (bicyclic) bond motifs is 2. The Labute approximate surface area is 220 Å². The molecule has 14 atom stereocenters. The van der Waals surface area contributed by atoms with Gasteiger partial charge in [0, 0.05) is 24.7 Å². The smallest absolute Gasteiger partial charge is 0.194 e. The first kappa shape index (κ1) is 24.0. The molecule has 37 heavy (non-hydrogen) atoms. The van der Waals surface area contributed by atoms with Gasteiger partial charge in [-0.25, -0.2) is 0 Å². The molecule has 7 nitrogen and oxygen atoms in total. The van der Waals surface area contributed by atoms with Gasteiger partial charge in [0.05, 0.1) is 0 Å². The van der Waals surface area contributed by atoms with Gasteiger partial charge < -0.3 is 33.2 Å². The number of rotatable bonds is 2. The first-order valence-corrected chi connectivity index (χ1v) is 14.7. The lowest BCUT2D eigenvalue weighted by Crippen LogP contribution is -2.66. The van der Waals surface area contributed by atoms with Crippen LogP contribution in [-0.4, -0.2) is 47.9 Å². The van der Waals surface area contributed by atoms with E-state index in [-0.39, 0.29) is 11.8 Å². The fraction of sp³-hybridized carbons (Fsp3) is 0.867. The van der Waals surface area contributed by atoms with Crippen LogP contribution < -0.4 is 0 Å². The molecule has 0 N–H and O–H groups in total. The Morgan fingerprint density at radius 2 is 1.11 bits per heavy atom. The van der Waals surface area contributed by atoms with Crippen molar-refractivity contribution in [1.29, 1.82) is 0 Å². The van der Waals surface area contributed by atoms with Gasteiger partial charge in [-0.15, -0.1) is 0 Å². The standard InChI is InChI=1S/C30H42O7/c1-15-7-9-21-17(3)23(32-25-29(21)19(15)11-13-27(5,34-25)36-29)31-24-18(4)22-10-8-16(2)20-12-14-28(6)35-26(33-24)30(20,22)37-28/h15-16,19-26H,3-4,7-14H2,1-2,5-6H3/t15-,16-,19+,20+,21+,22+,23?,24?,25-,26-,27?,28?,29-,30-/m1/s1. The minimum atomic E-state index is -0.646. The molecule has 8 aliphatic rings. The van der Waals surface area contributed by atoms with Gasteiger partial charge in [-0.1, -0.05) is 27.0 Å². The molecule has 2 aliphatic carbocycles. The number of ether oxygens (including phenoxy) is 7. The van der Waals surface area contributed by atoms with E-state index < -0.39 is 47.9 Å². The lowest BCUT2D eigenvalue weighted by atomic mass is 9.58. The molecule has 0 amide bonds. The third kappa shape index (κ3) is 2.92. The molecule has 4 unspecified atom stereocenters. The van der Waals surface area contributed by atoms with Crippen LogP contribution in [0.25, 0.3) is 0 Å². The third-order valence-corrected chi connectivity index (χ3v) is 11.7. The Bertz CT molecular complexity index is 965. The van der Waals surface area contributed by atoms with Crippen molar-refractivity contribution < 1.29 is 33.2 Å². The summed E-state index contributed by atoms with van der Waals surface area (Å²) < 4.78 is 46.4. The molecule has 2 saturated carbocycles. The third-order valence-electron chi connectivity index (χ3n) is 11.7. The largest absolute Gasteiger partial charge is 0.337 e. The molecule has 8 rings (SSSR count). The van der Waals surface area contributed by atoms with Gasteiger partial charge >= 0.3 is 0 Å². The molecule has 204 valence electrons. The summed E-state index contributed by atoms with van der Waals surface area (Å²) in [5, 5.41) is 0. The summed E-state index contributed by atoms with van der Waals surface area (Å²) in [7, 11) is 0. The zero-order chi connectivity index (χ0) is 25.5. The van der Waals surface area contributed by atoms with Crippen molar-refractivity contribution in [2.45, 2.75) is 127 Å². The van der Waals surface area contributed by atoms with E-state index in [0.29, 0.717) is 23.7 Å². The van der Waals surface area contributed by atoms with Gasteiger partial charge in [-0.3, -0.25) is 0 Å². The van der Waals surface area contributed by atoms with Crippen molar-refractivity contribution in [3.63, 3.8) is 0 Å². The lowest BCUT2D eigenvalue weighted by molar-refractivity contribution is -0.348. The monoisotopic (exact) mass is 514 g/mol. The predicted molar refractivity (Wildman–Crippen MR) is 133 cm³/mol. The summed E-state index contributed by atoms with van der Waals surface area (Å²) >= 11 is 0. The van der Waals surface area contributed by atoms with Crippen molar-refractivity contribution in [3.05, 3.63) is 24.3 Å². The first-order valence-electron chi connectivity index (χ1n) is 14.7. The average Bonchev–Trinajstić information content (AvgIpc) is 3.20. The van der Waals surface area contributed by atoms with Crippen LogP contribution in [0.3, 0.4) is 0 Å². The second-order valence-electron chi connectivity index (χ2n) is 13.8. The molecule has 0 aromatic rings. The maximum atomic E-state index is 6.77. The maximum Gasteiger partial charge on any atom is 0.194 e. The highest BCUT2D eigenvalue weighted by Crippen LogP contribution is 2.65. The van der Waals surface area contributed by atoms with Crippen LogP contribution in [0.15, 0.2) is 24.3 Å². The zero-order valence-corrected chi connectivity index (χ0v) is 22.7. The van der Waals surface area contributed by atoms with Gasteiger partial charge in [-0.2, -0.15) is 0 Å². The average molecular weight is 515 g/mol. The van der Waals surface area contributed by atoms with E-state index in [1.807, 2.05) is 0 Å². The van der Waals surface area contributed by atoms with Gasteiger partial charge in [0.25, 0.3) is 0 Å². The van der Waals surface area contributed by atoms with Gasteiger partial charge in [-0.05, 0) is 87.2 Å². The molecule has 0 radical (unpaired) electrons. The topological polar surface area (TPSA) is 64.6 Å². The summed E-state index contributed by atoms with van der Waals surface area (Å²) in [5.74, 6) is 0.971. The van der Waals surface area contributed by atoms with Crippen molar-refractivity contribution in [1.82, 2.24) is 0 Å². The van der Waals surface area contributed by atoms with Crippen molar-refractivity contribution in [2.75, 3.05) is 0 Å². The highest BCUT2D eigenvalue weighted by atomic mass is 16.9. The Balaban J connectivity index is 1.09. The molecule has 6 heterocycles. The minimum Gasteiger partial charge on any atom is -0.337 e. The minimum absolute atomic E-state index is 0.131. The second-order valence-corrected chi connectivity index (χ2v) is 13.8. The summed E-state index contributed by atoms with van der Waals surface area (Å²) in [4.78, 5) is 0. The molecule has 6 saturated heterocycles. The Kier molecular flexibility index (Phi) is 4.86. The highest BCUT2D eigenvalue weighted by molar-refractivity contribution is 5.26. The van der Waals surface area contributed by atoms with E-state index >= 15 is 0 Å². The zero-order valence-electron chi connectivity index (χ0n) is 22.7. The molecule has 0 aromatic carbocycles. The summed E-state index contributed by atoms with van der Waals surface area (Å²) in [6, 6.07) is 0. The number of hydrogen-bond donors (Lipinski definition) is 0. The molecule has 7 heteroatoms. The van der Waals surface area contributed by atoms with Gasteiger partial charge in [0.2, 0.25) is 0 Å². The van der Waals surface area contributed by atoms with Crippen LogP contribution in [0, 0.1) is 35.5 Å². The van der Waals surface area contributed by atoms with Crippen molar-refractivity contribution >= 4 is 0 Å². The number of hydrogen-bond acceptors (Lipinski definition) is 7. The van der Waals surface area contributed by atoms with Crippen LogP contribution in [0.2, 0.25) is 0 Å². The SMILES string of the molecule is C=C1C(OC2O[C@@H]3OC4(C)CC[C@H]5[C@H](C)CC[C@@H](C2=C)[C@@]35O4)O[C@@H]2OC3(C)CC[C@H]4[C@H](C)CC[C@@H]1[C@@]24O3. The summed E-state index contributed by atoms with van der Waals surface area (Å²) in [6.07, 6.45) is 6.04. The second kappa shape index (κ2) is 7.48. The summed E-state index contributed by atoms with van der Waals surface area (Å²) in [5.41, 5.74) is 0.918. The van der Waals surface area contributed by atoms with Crippen LogP contribution >= 0.6 is 0 Å². The molecule has 6 aliphatic heterocycles. The molecule has 0 aromatic heterocycles. The molecule has 2 spiro atoms. The van der Waals surface area contributed by atoms with E-state index in [4.69, 9.17) is 33.2 Å². The lowest BCUT2D eigenvalue weighted by Gasteiger charge is -2.58. The first-order chi connectivity index (χ1) is 17.6. The van der Waals surface area contributed by atoms with Crippen LogP contribution in [-0.2, 0) is 33.2 Å². The predicted octanol–water partition coefficient (Wildman–Crippen LogP) is 5.40. The normalized spacial score (nSPS) is 61.7. The van der Waals surface area contributed by atoms with E-state index in [9.17, 15) is 0 Å². The molecular formula is C30H42O7. The van der Waals surface area contributed by atoms with Crippen LogP contribution in [0.4, 0.5) is 0 Å². The highest BCUT2D eigenvalue weighted by Gasteiger charge is 2.73. The fourth-order valence-electron chi connectivity index (χ4n) is 9.99. The van der Waals surface area contributed by atoms with Crippen LogP contribution in [0.1, 0.15) is 79.1 Å². The molecule has 8 fully saturated rings. The maximum absolute atomic E-state index is 6.77. The van der Waals surface area contributed by atoms with E-state index in [0.717, 1.165) is 62.5 Å². The molecule has 4 bridgehead atoms. The summed E-state index contributed by atoms with van der Waals surface area (Å²) in [6.45, 7) is 17.9. The van der Waals surface area contributed by atoms with E-state index in [1.54, 1.807) is 0 Å². The Morgan fingerprint density at radius 1 is 0.676 bits per heavy atom. The van der Waals surface area contributed by atoms with E-state index in [2.05, 4.69) is 40.9 Å². The Hall–Kier alpha value is -0.800. The quantitative estimate of drug-likeness (QED) is 0.458. The van der Waals surface area contributed by atoms with E-state index in [1.165, 1.54) is 0 Å². The molecular weight excluding hydrogens is 472 g/mol. The van der Waals surface area contributed by atoms with Crippen molar-refractivity contribution in [2.24, 2.45) is 35.5 Å². The Morgan fingerprint density at radius 3 is 1.54 bits per heavy atom. The van der Waals surface area contributed by atoms with Crippen molar-refractivity contribution in [3.8, 4) is 0 Å².